The van der Waals surface area contributed by atoms with Gasteiger partial charge in [0.1, 0.15) is 0 Å². The van der Waals surface area contributed by atoms with Crippen LogP contribution in [-0.2, 0) is 4.79 Å². The zero-order valence-electron chi connectivity index (χ0n) is 10.2. The van der Waals surface area contributed by atoms with E-state index in [1.807, 2.05) is 45.0 Å². The highest BCUT2D eigenvalue weighted by molar-refractivity contribution is 5.97. The summed E-state index contributed by atoms with van der Waals surface area (Å²) in [7, 11) is 0. The number of rotatable bonds is 4. The van der Waals surface area contributed by atoms with E-state index in [1.54, 1.807) is 0 Å². The smallest absolute Gasteiger partial charge is 0.244 e. The van der Waals surface area contributed by atoms with Gasteiger partial charge in [0.2, 0.25) is 5.91 Å². The van der Waals surface area contributed by atoms with Crippen LogP contribution in [0.2, 0.25) is 0 Å². The second-order valence-electron chi connectivity index (χ2n) is 4.19. The maximum absolute atomic E-state index is 12.0. The minimum absolute atomic E-state index is 0.108. The minimum atomic E-state index is -0.760. The second kappa shape index (κ2) is 5.12. The number of anilines is 1. The Morgan fingerprint density at radius 2 is 2.00 bits per heavy atom. The van der Waals surface area contributed by atoms with Gasteiger partial charge in [-0.3, -0.25) is 4.79 Å². The maximum Gasteiger partial charge on any atom is 0.244 e. The molecule has 0 atom stereocenters. The van der Waals surface area contributed by atoms with Gasteiger partial charge in [-0.15, -0.1) is 0 Å². The van der Waals surface area contributed by atoms with Crippen LogP contribution >= 0.6 is 0 Å². The van der Waals surface area contributed by atoms with E-state index >= 15 is 0 Å². The fraction of sp³-hybridized carbons (Fsp3) is 0.462. The van der Waals surface area contributed by atoms with Crippen molar-refractivity contribution in [2.24, 2.45) is 5.73 Å². The summed E-state index contributed by atoms with van der Waals surface area (Å²) < 4.78 is 0. The molecule has 3 nitrogen and oxygen atoms in total. The number of benzene rings is 1. The molecule has 0 saturated carbocycles. The molecule has 0 unspecified atom stereocenters. The quantitative estimate of drug-likeness (QED) is 0.819. The fourth-order valence-corrected chi connectivity index (χ4v) is 1.55. The highest BCUT2D eigenvalue weighted by Crippen LogP contribution is 2.16. The molecule has 0 fully saturated rings. The molecular weight excluding hydrogens is 200 g/mol. The van der Waals surface area contributed by atoms with Crippen LogP contribution < -0.4 is 11.1 Å². The molecule has 1 aromatic rings. The number of carbonyl (C=O) groups excluding carboxylic acids is 1. The molecule has 3 heteroatoms. The van der Waals surface area contributed by atoms with Gasteiger partial charge >= 0.3 is 0 Å². The minimum Gasteiger partial charge on any atom is -0.324 e. The number of amides is 1. The SMILES string of the molecule is CCC(N)(CC)C(=O)Nc1cccc(C)c1. The standard InChI is InChI=1S/C13H20N2O/c1-4-13(14,5-2)12(16)15-11-8-6-7-10(3)9-11/h6-9H,4-5,14H2,1-3H3,(H,15,16). The van der Waals surface area contributed by atoms with E-state index in [0.717, 1.165) is 11.3 Å². The highest BCUT2D eigenvalue weighted by Gasteiger charge is 2.29. The average Bonchev–Trinajstić information content (AvgIpc) is 2.28. The first-order valence-corrected chi connectivity index (χ1v) is 5.69. The van der Waals surface area contributed by atoms with Gasteiger partial charge in [0.15, 0.2) is 0 Å². The number of aryl methyl sites for hydroxylation is 1. The first-order valence-electron chi connectivity index (χ1n) is 5.69. The third-order valence-corrected chi connectivity index (χ3v) is 2.99. The molecule has 1 rings (SSSR count). The van der Waals surface area contributed by atoms with Crippen LogP contribution in [0.15, 0.2) is 24.3 Å². The number of hydrogen-bond donors (Lipinski definition) is 2. The number of carbonyl (C=O) groups is 1. The third-order valence-electron chi connectivity index (χ3n) is 2.99. The summed E-state index contributed by atoms with van der Waals surface area (Å²) in [6.45, 7) is 5.85. The van der Waals surface area contributed by atoms with E-state index in [-0.39, 0.29) is 5.91 Å². The van der Waals surface area contributed by atoms with E-state index < -0.39 is 5.54 Å². The first-order chi connectivity index (χ1) is 7.51. The number of nitrogens with one attached hydrogen (secondary N) is 1. The van der Waals surface area contributed by atoms with E-state index in [2.05, 4.69) is 5.32 Å². The predicted molar refractivity (Wildman–Crippen MR) is 67.3 cm³/mol. The zero-order chi connectivity index (χ0) is 12.2. The first kappa shape index (κ1) is 12.7. The number of hydrogen-bond acceptors (Lipinski definition) is 2. The molecule has 0 saturated heterocycles. The molecule has 3 N–H and O–H groups in total. The van der Waals surface area contributed by atoms with Gasteiger partial charge in [0.05, 0.1) is 5.54 Å². The van der Waals surface area contributed by atoms with E-state index in [9.17, 15) is 4.79 Å². The Morgan fingerprint density at radius 3 is 2.50 bits per heavy atom. The molecule has 1 amide bonds. The van der Waals surface area contributed by atoms with Crippen molar-refractivity contribution in [3.8, 4) is 0 Å². The van der Waals surface area contributed by atoms with Crippen LogP contribution in [-0.4, -0.2) is 11.4 Å². The van der Waals surface area contributed by atoms with Crippen molar-refractivity contribution in [1.29, 1.82) is 0 Å². The monoisotopic (exact) mass is 220 g/mol. The van der Waals surface area contributed by atoms with Gasteiger partial charge in [-0.05, 0) is 37.5 Å². The average molecular weight is 220 g/mol. The van der Waals surface area contributed by atoms with E-state index in [0.29, 0.717) is 12.8 Å². The molecule has 0 aromatic heterocycles. The molecule has 88 valence electrons. The van der Waals surface area contributed by atoms with Crippen molar-refractivity contribution < 1.29 is 4.79 Å². The Morgan fingerprint density at radius 1 is 1.38 bits per heavy atom. The molecule has 16 heavy (non-hydrogen) atoms. The lowest BCUT2D eigenvalue weighted by Crippen LogP contribution is -2.50. The number of nitrogens with two attached hydrogens (primary N) is 1. The molecule has 0 heterocycles. The fourth-order valence-electron chi connectivity index (χ4n) is 1.55. The molecule has 0 aliphatic rings. The Labute approximate surface area is 97.0 Å². The van der Waals surface area contributed by atoms with Crippen LogP contribution in [0.5, 0.6) is 0 Å². The van der Waals surface area contributed by atoms with Crippen molar-refractivity contribution >= 4 is 11.6 Å². The summed E-state index contributed by atoms with van der Waals surface area (Å²) in [5, 5.41) is 2.86. The Kier molecular flexibility index (Phi) is 4.07. The summed E-state index contributed by atoms with van der Waals surface area (Å²) >= 11 is 0. The molecule has 1 aromatic carbocycles. The molecule has 0 aliphatic carbocycles. The van der Waals surface area contributed by atoms with Crippen LogP contribution in [0.1, 0.15) is 32.3 Å². The molecular formula is C13H20N2O. The highest BCUT2D eigenvalue weighted by atomic mass is 16.2. The van der Waals surface area contributed by atoms with Gasteiger partial charge in [0, 0.05) is 5.69 Å². The largest absolute Gasteiger partial charge is 0.324 e. The summed E-state index contributed by atoms with van der Waals surface area (Å²) in [5.74, 6) is -0.108. The van der Waals surface area contributed by atoms with Crippen LogP contribution in [0.3, 0.4) is 0 Å². The van der Waals surface area contributed by atoms with Gasteiger partial charge in [-0.25, -0.2) is 0 Å². The summed E-state index contributed by atoms with van der Waals surface area (Å²) in [5.41, 5.74) is 7.18. The predicted octanol–water partition coefficient (Wildman–Crippen LogP) is 2.45. The van der Waals surface area contributed by atoms with Crippen LogP contribution in [0.25, 0.3) is 0 Å². The summed E-state index contributed by atoms with van der Waals surface area (Å²) in [4.78, 5) is 12.0. The van der Waals surface area contributed by atoms with Crippen molar-refractivity contribution in [3.05, 3.63) is 29.8 Å². The lowest BCUT2D eigenvalue weighted by molar-refractivity contribution is -0.121. The van der Waals surface area contributed by atoms with E-state index in [1.165, 1.54) is 0 Å². The van der Waals surface area contributed by atoms with Gasteiger partial charge < -0.3 is 11.1 Å². The summed E-state index contributed by atoms with van der Waals surface area (Å²) in [6.07, 6.45) is 1.28. The van der Waals surface area contributed by atoms with Crippen molar-refractivity contribution in [1.82, 2.24) is 0 Å². The third kappa shape index (κ3) is 2.83. The lowest BCUT2D eigenvalue weighted by Gasteiger charge is -2.25. The van der Waals surface area contributed by atoms with Crippen LogP contribution in [0, 0.1) is 6.92 Å². The topological polar surface area (TPSA) is 55.1 Å². The van der Waals surface area contributed by atoms with E-state index in [4.69, 9.17) is 5.73 Å². The molecule has 0 bridgehead atoms. The lowest BCUT2D eigenvalue weighted by atomic mass is 9.93. The van der Waals surface area contributed by atoms with Crippen molar-refractivity contribution in [3.63, 3.8) is 0 Å². The Hall–Kier alpha value is -1.35. The second-order valence-corrected chi connectivity index (χ2v) is 4.19. The molecule has 0 aliphatic heterocycles. The van der Waals surface area contributed by atoms with Gasteiger partial charge in [-0.1, -0.05) is 26.0 Å². The normalized spacial score (nSPS) is 11.2. The zero-order valence-corrected chi connectivity index (χ0v) is 10.2. The van der Waals surface area contributed by atoms with Gasteiger partial charge in [0.25, 0.3) is 0 Å². The van der Waals surface area contributed by atoms with Gasteiger partial charge in [-0.2, -0.15) is 0 Å². The van der Waals surface area contributed by atoms with Crippen molar-refractivity contribution in [2.45, 2.75) is 39.2 Å². The van der Waals surface area contributed by atoms with Crippen molar-refractivity contribution in [2.75, 3.05) is 5.32 Å². The Balaban J connectivity index is 2.78. The Bertz CT molecular complexity index is 370. The summed E-state index contributed by atoms with van der Waals surface area (Å²) in [6, 6.07) is 7.71. The van der Waals surface area contributed by atoms with Crippen LogP contribution in [0.4, 0.5) is 5.69 Å². The molecule has 0 radical (unpaired) electrons. The molecule has 0 spiro atoms. The maximum atomic E-state index is 12.0.